The molecule has 0 aliphatic heterocycles. The number of aryl methyl sites for hydroxylation is 1. The van der Waals surface area contributed by atoms with Gasteiger partial charge >= 0.3 is 0 Å². The zero-order chi connectivity index (χ0) is 20.8. The molecule has 0 bridgehead atoms. The lowest BCUT2D eigenvalue weighted by Crippen LogP contribution is -2.07. The van der Waals surface area contributed by atoms with E-state index in [9.17, 15) is 13.4 Å². The van der Waals surface area contributed by atoms with E-state index in [0.717, 1.165) is 22.4 Å². The smallest absolute Gasteiger partial charge is 0.248 e. The Hall–Kier alpha value is -3.06. The highest BCUT2D eigenvalue weighted by molar-refractivity contribution is 7.84. The van der Waals surface area contributed by atoms with E-state index in [1.54, 1.807) is 48.3 Å². The molecule has 1 amide bonds. The fourth-order valence-electron chi connectivity index (χ4n) is 2.86. The third-order valence-electron chi connectivity index (χ3n) is 4.37. The van der Waals surface area contributed by atoms with E-state index in [4.69, 9.17) is 0 Å². The molecular formula is C22H22FN3O2S. The Bertz CT molecular complexity index is 1040. The molecule has 0 saturated carbocycles. The molecule has 2 aromatic carbocycles. The van der Waals surface area contributed by atoms with Crippen molar-refractivity contribution < 1.29 is 13.4 Å². The van der Waals surface area contributed by atoms with Gasteiger partial charge in [0.1, 0.15) is 5.82 Å². The quantitative estimate of drug-likeness (QED) is 0.594. The van der Waals surface area contributed by atoms with Gasteiger partial charge in [0.05, 0.1) is 11.9 Å². The molecule has 5 nitrogen and oxygen atoms in total. The molecule has 1 unspecified atom stereocenters. The Labute approximate surface area is 171 Å². The van der Waals surface area contributed by atoms with Gasteiger partial charge in [0.15, 0.2) is 0 Å². The first-order valence-electron chi connectivity index (χ1n) is 9.17. The van der Waals surface area contributed by atoms with Crippen LogP contribution >= 0.6 is 0 Å². The number of amides is 1. The number of nitrogens with zero attached hydrogens (tertiary/aromatic N) is 2. The van der Waals surface area contributed by atoms with Crippen LogP contribution in [0.1, 0.15) is 18.1 Å². The normalized spacial score (nSPS) is 12.2. The van der Waals surface area contributed by atoms with Gasteiger partial charge in [0.25, 0.3) is 0 Å². The first-order valence-corrected chi connectivity index (χ1v) is 10.7. The highest BCUT2D eigenvalue weighted by Gasteiger charge is 2.09. The van der Waals surface area contributed by atoms with Gasteiger partial charge in [0, 0.05) is 52.2 Å². The summed E-state index contributed by atoms with van der Waals surface area (Å²) in [4.78, 5) is 12.3. The van der Waals surface area contributed by atoms with Gasteiger partial charge in [0.2, 0.25) is 5.91 Å². The minimum atomic E-state index is -0.864. The van der Waals surface area contributed by atoms with E-state index in [-0.39, 0.29) is 11.7 Å². The van der Waals surface area contributed by atoms with Crippen LogP contribution in [-0.4, -0.2) is 25.6 Å². The topological polar surface area (TPSA) is 64.0 Å². The Morgan fingerprint density at radius 1 is 1.17 bits per heavy atom. The number of anilines is 1. The first kappa shape index (κ1) is 20.7. The summed E-state index contributed by atoms with van der Waals surface area (Å²) in [7, 11) is 0.931. The standard InChI is InChI=1S/C22H22FN3O2S/c1-3-29(28)15-16-4-11-20(12-5-16)25-21(27)13-8-18-14-24-26(2)22(18)17-6-9-19(23)10-7-17/h4-14H,3,15H2,1-2H3,(H,25,27)/b13-8+. The molecule has 0 fully saturated rings. The molecule has 0 spiro atoms. The van der Waals surface area contributed by atoms with Crippen LogP contribution in [0, 0.1) is 5.82 Å². The van der Waals surface area contributed by atoms with Crippen molar-refractivity contribution in [1.82, 2.24) is 9.78 Å². The minimum absolute atomic E-state index is 0.274. The number of benzene rings is 2. The van der Waals surface area contributed by atoms with Crippen molar-refractivity contribution in [1.29, 1.82) is 0 Å². The van der Waals surface area contributed by atoms with Gasteiger partial charge in [-0.2, -0.15) is 5.10 Å². The zero-order valence-electron chi connectivity index (χ0n) is 16.3. The van der Waals surface area contributed by atoms with Crippen LogP contribution in [0.5, 0.6) is 0 Å². The number of aromatic nitrogens is 2. The largest absolute Gasteiger partial charge is 0.323 e. The maximum Gasteiger partial charge on any atom is 0.248 e. The molecule has 29 heavy (non-hydrogen) atoms. The van der Waals surface area contributed by atoms with Crippen molar-refractivity contribution in [3.8, 4) is 11.3 Å². The van der Waals surface area contributed by atoms with Crippen molar-refractivity contribution in [2.24, 2.45) is 7.05 Å². The third-order valence-corrected chi connectivity index (χ3v) is 5.67. The van der Waals surface area contributed by atoms with E-state index in [1.807, 2.05) is 19.1 Å². The van der Waals surface area contributed by atoms with E-state index < -0.39 is 10.8 Å². The SMILES string of the molecule is CCS(=O)Cc1ccc(NC(=O)/C=C/c2cnn(C)c2-c2ccc(F)cc2)cc1. The van der Waals surface area contributed by atoms with Crippen molar-refractivity contribution in [3.63, 3.8) is 0 Å². The summed E-state index contributed by atoms with van der Waals surface area (Å²) in [6.45, 7) is 1.89. The van der Waals surface area contributed by atoms with Gasteiger partial charge in [-0.05, 0) is 48.0 Å². The van der Waals surface area contributed by atoms with E-state index in [0.29, 0.717) is 17.2 Å². The van der Waals surface area contributed by atoms with Gasteiger partial charge in [-0.3, -0.25) is 13.7 Å². The molecule has 1 N–H and O–H groups in total. The number of halogens is 1. The Balaban J connectivity index is 1.68. The molecular weight excluding hydrogens is 389 g/mol. The van der Waals surface area contributed by atoms with Gasteiger partial charge in [-0.25, -0.2) is 4.39 Å². The van der Waals surface area contributed by atoms with Crippen LogP contribution in [0.25, 0.3) is 17.3 Å². The molecule has 0 aliphatic rings. The summed E-state index contributed by atoms with van der Waals surface area (Å²) >= 11 is 0. The molecule has 0 aliphatic carbocycles. The third kappa shape index (κ3) is 5.48. The van der Waals surface area contributed by atoms with Crippen LogP contribution in [0.4, 0.5) is 10.1 Å². The second-order valence-electron chi connectivity index (χ2n) is 6.47. The monoisotopic (exact) mass is 411 g/mol. The van der Waals surface area contributed by atoms with Crippen molar-refractivity contribution in [2.45, 2.75) is 12.7 Å². The minimum Gasteiger partial charge on any atom is -0.323 e. The molecule has 0 saturated heterocycles. The number of carbonyl (C=O) groups is 1. The maximum absolute atomic E-state index is 13.2. The van der Waals surface area contributed by atoms with Crippen molar-refractivity contribution >= 4 is 28.5 Å². The van der Waals surface area contributed by atoms with Crippen LogP contribution in [0.2, 0.25) is 0 Å². The number of rotatable bonds is 7. The first-order chi connectivity index (χ1) is 14.0. The van der Waals surface area contributed by atoms with Gasteiger partial charge < -0.3 is 5.32 Å². The summed E-state index contributed by atoms with van der Waals surface area (Å²) in [6, 6.07) is 13.4. The zero-order valence-corrected chi connectivity index (χ0v) is 17.1. The molecule has 1 atom stereocenters. The van der Waals surface area contributed by atoms with Gasteiger partial charge in [-0.1, -0.05) is 19.1 Å². The second kappa shape index (κ2) is 9.43. The fourth-order valence-corrected chi connectivity index (χ4v) is 3.63. The molecule has 3 rings (SSSR count). The van der Waals surface area contributed by atoms with Crippen LogP contribution in [0.15, 0.2) is 60.8 Å². The molecule has 3 aromatic rings. The molecule has 1 heterocycles. The van der Waals surface area contributed by atoms with Crippen molar-refractivity contribution in [3.05, 3.63) is 77.7 Å². The molecule has 150 valence electrons. The number of carbonyl (C=O) groups excluding carboxylic acids is 1. The Morgan fingerprint density at radius 3 is 2.52 bits per heavy atom. The number of nitrogens with one attached hydrogen (secondary N) is 1. The second-order valence-corrected chi connectivity index (χ2v) is 8.22. The highest BCUT2D eigenvalue weighted by Crippen LogP contribution is 2.24. The van der Waals surface area contributed by atoms with E-state index >= 15 is 0 Å². The average molecular weight is 412 g/mol. The summed E-state index contributed by atoms with van der Waals surface area (Å²) in [5, 5.41) is 7.03. The molecule has 1 aromatic heterocycles. The lowest BCUT2D eigenvalue weighted by atomic mass is 10.1. The lowest BCUT2D eigenvalue weighted by Gasteiger charge is -2.05. The van der Waals surface area contributed by atoms with Crippen LogP contribution in [0.3, 0.4) is 0 Å². The average Bonchev–Trinajstić information content (AvgIpc) is 3.09. The van der Waals surface area contributed by atoms with E-state index in [2.05, 4.69) is 10.4 Å². The Morgan fingerprint density at radius 2 is 1.86 bits per heavy atom. The van der Waals surface area contributed by atoms with Gasteiger partial charge in [-0.15, -0.1) is 0 Å². The van der Waals surface area contributed by atoms with Crippen molar-refractivity contribution in [2.75, 3.05) is 11.1 Å². The Kier molecular flexibility index (Phi) is 6.72. The predicted octanol–water partition coefficient (Wildman–Crippen LogP) is 4.15. The summed E-state index contributed by atoms with van der Waals surface area (Å²) < 4.78 is 26.5. The molecule has 7 heteroatoms. The predicted molar refractivity (Wildman–Crippen MR) is 115 cm³/mol. The fraction of sp³-hybridized carbons (Fsp3) is 0.182. The molecule has 0 radical (unpaired) electrons. The summed E-state index contributed by atoms with van der Waals surface area (Å²) in [5.41, 5.74) is 3.99. The number of hydrogen-bond donors (Lipinski definition) is 1. The lowest BCUT2D eigenvalue weighted by molar-refractivity contribution is -0.111. The number of hydrogen-bond acceptors (Lipinski definition) is 3. The van der Waals surface area contributed by atoms with E-state index in [1.165, 1.54) is 18.2 Å². The van der Waals surface area contributed by atoms with Crippen LogP contribution in [-0.2, 0) is 28.4 Å². The summed E-state index contributed by atoms with van der Waals surface area (Å²) in [5.74, 6) is 0.554. The highest BCUT2D eigenvalue weighted by atomic mass is 32.2. The van der Waals surface area contributed by atoms with Crippen LogP contribution < -0.4 is 5.32 Å². The summed E-state index contributed by atoms with van der Waals surface area (Å²) in [6.07, 6.45) is 4.77. The maximum atomic E-state index is 13.2.